The number of carbonyl (C=O) groups excluding carboxylic acids is 1. The average molecular weight is 315 g/mol. The van der Waals surface area contributed by atoms with Gasteiger partial charge in [-0.2, -0.15) is 0 Å². The highest BCUT2D eigenvalue weighted by atomic mass is 32.2. The molecule has 1 unspecified atom stereocenters. The molecular formula is C14H25N3O3S. The molecule has 0 radical (unpaired) electrons. The summed E-state index contributed by atoms with van der Waals surface area (Å²) in [6.45, 7) is 6.20. The van der Waals surface area contributed by atoms with E-state index in [2.05, 4.69) is 10.9 Å². The van der Waals surface area contributed by atoms with Gasteiger partial charge >= 0.3 is 6.03 Å². The van der Waals surface area contributed by atoms with E-state index in [1.807, 2.05) is 18.2 Å². The van der Waals surface area contributed by atoms with Crippen LogP contribution in [-0.4, -0.2) is 69.2 Å². The first-order valence-corrected chi connectivity index (χ1v) is 9.45. The molecule has 2 amide bonds. The molecule has 2 heterocycles. The monoisotopic (exact) mass is 315 g/mol. The van der Waals surface area contributed by atoms with E-state index in [0.29, 0.717) is 39.1 Å². The number of amides is 2. The Kier molecular flexibility index (Phi) is 4.75. The van der Waals surface area contributed by atoms with Gasteiger partial charge in [0.15, 0.2) is 0 Å². The fraction of sp³-hybridized carbons (Fsp3) is 0.786. The minimum absolute atomic E-state index is 0.180. The van der Waals surface area contributed by atoms with Crippen molar-refractivity contribution in [3.05, 3.63) is 0 Å². The average Bonchev–Trinajstić information content (AvgIpc) is 2.82. The van der Waals surface area contributed by atoms with E-state index in [0.717, 1.165) is 12.1 Å². The lowest BCUT2D eigenvalue weighted by Gasteiger charge is -2.43. The number of likely N-dealkylation sites (tertiary alicyclic amines) is 1. The Balaban J connectivity index is 2.05. The lowest BCUT2D eigenvalue weighted by Crippen LogP contribution is -2.55. The molecule has 0 aromatic carbocycles. The lowest BCUT2D eigenvalue weighted by atomic mass is 10.0. The summed E-state index contributed by atoms with van der Waals surface area (Å²) in [6, 6.07) is -0.180. The smallest absolute Gasteiger partial charge is 0.343 e. The van der Waals surface area contributed by atoms with Gasteiger partial charge in [-0.05, 0) is 19.2 Å². The van der Waals surface area contributed by atoms with Gasteiger partial charge in [-0.1, -0.05) is 6.92 Å². The van der Waals surface area contributed by atoms with Crippen LogP contribution in [0.1, 0.15) is 33.1 Å². The van der Waals surface area contributed by atoms with Crippen LogP contribution < -0.4 is 0 Å². The summed E-state index contributed by atoms with van der Waals surface area (Å²) < 4.78 is 20.1. The third kappa shape index (κ3) is 3.46. The molecule has 0 aliphatic carbocycles. The zero-order valence-corrected chi connectivity index (χ0v) is 13.9. The molecule has 0 bridgehead atoms. The molecule has 1 atom stereocenters. The maximum Gasteiger partial charge on any atom is 0.343 e. The third-order valence-corrected chi connectivity index (χ3v) is 5.65. The first kappa shape index (κ1) is 16.5. The van der Waals surface area contributed by atoms with E-state index in [1.54, 1.807) is 11.2 Å². The molecule has 0 aromatic heterocycles. The fourth-order valence-corrected chi connectivity index (χ4v) is 4.29. The Labute approximate surface area is 127 Å². The van der Waals surface area contributed by atoms with Crippen molar-refractivity contribution >= 4 is 27.3 Å². The molecule has 6 nitrogen and oxygen atoms in total. The first-order valence-electron chi connectivity index (χ1n) is 7.35. The standard InChI is InChI=1S/C14H25N3O3S/c1-5-12(2)15-13(18)16-8-6-14(7-9-16)17(10-11-20-14)21(3,4)19/h3,5-11H2,1-2,4H3. The van der Waals surface area contributed by atoms with Crippen molar-refractivity contribution in [3.8, 4) is 0 Å². The van der Waals surface area contributed by atoms with Crippen molar-refractivity contribution in [2.24, 2.45) is 4.99 Å². The van der Waals surface area contributed by atoms with Crippen molar-refractivity contribution in [2.75, 3.05) is 32.5 Å². The van der Waals surface area contributed by atoms with Crippen LogP contribution in [0.15, 0.2) is 4.99 Å². The van der Waals surface area contributed by atoms with Crippen molar-refractivity contribution < 1.29 is 13.7 Å². The first-order chi connectivity index (χ1) is 9.78. The SMILES string of the molecule is C=S(C)(=O)N1CCOC12CCN(C(=O)N=C(C)CC)CC2. The number of piperidine rings is 1. The van der Waals surface area contributed by atoms with Crippen molar-refractivity contribution in [1.29, 1.82) is 0 Å². The van der Waals surface area contributed by atoms with Crippen LogP contribution in [0.2, 0.25) is 0 Å². The van der Waals surface area contributed by atoms with Gasteiger partial charge in [-0.25, -0.2) is 14.1 Å². The van der Waals surface area contributed by atoms with Crippen molar-refractivity contribution in [3.63, 3.8) is 0 Å². The summed E-state index contributed by atoms with van der Waals surface area (Å²) in [5.74, 6) is 3.78. The number of rotatable bonds is 2. The zero-order valence-electron chi connectivity index (χ0n) is 13.1. The number of ether oxygens (including phenoxy) is 1. The summed E-state index contributed by atoms with van der Waals surface area (Å²) in [4.78, 5) is 17.9. The molecule has 0 aromatic rings. The van der Waals surface area contributed by atoms with E-state index in [-0.39, 0.29) is 6.03 Å². The van der Waals surface area contributed by atoms with E-state index in [9.17, 15) is 9.00 Å². The zero-order chi connectivity index (χ0) is 15.7. The Hall–Kier alpha value is -0.920. The topological polar surface area (TPSA) is 62.2 Å². The molecule has 0 N–H and O–H groups in total. The molecule has 2 saturated heterocycles. The van der Waals surface area contributed by atoms with Crippen LogP contribution in [0.3, 0.4) is 0 Å². The molecule has 2 rings (SSSR count). The second-order valence-electron chi connectivity index (χ2n) is 5.83. The predicted molar refractivity (Wildman–Crippen MR) is 86.2 cm³/mol. The molecule has 1 spiro atoms. The Morgan fingerprint density at radius 3 is 2.52 bits per heavy atom. The second-order valence-corrected chi connectivity index (χ2v) is 8.19. The highest BCUT2D eigenvalue weighted by Crippen LogP contribution is 2.36. The van der Waals surface area contributed by atoms with E-state index in [4.69, 9.17) is 4.74 Å². The Bertz CT molecular complexity index is 534. The van der Waals surface area contributed by atoms with Crippen molar-refractivity contribution in [2.45, 2.75) is 38.8 Å². The number of hydrogen-bond donors (Lipinski definition) is 0. The van der Waals surface area contributed by atoms with E-state index >= 15 is 0 Å². The maximum absolute atomic E-state index is 12.3. The van der Waals surface area contributed by atoms with Crippen LogP contribution in [0.4, 0.5) is 4.79 Å². The fourth-order valence-electron chi connectivity index (χ4n) is 2.89. The van der Waals surface area contributed by atoms with Crippen LogP contribution in [-0.2, 0) is 14.4 Å². The van der Waals surface area contributed by atoms with Crippen LogP contribution in [0, 0.1) is 0 Å². The molecule has 7 heteroatoms. The molecule has 120 valence electrons. The van der Waals surface area contributed by atoms with Gasteiger partial charge in [-0.15, -0.1) is 0 Å². The lowest BCUT2D eigenvalue weighted by molar-refractivity contribution is -0.0827. The normalized spacial score (nSPS) is 26.0. The number of hydrogen-bond acceptors (Lipinski definition) is 3. The predicted octanol–water partition coefficient (Wildman–Crippen LogP) is 1.36. The summed E-state index contributed by atoms with van der Waals surface area (Å²) in [6.07, 6.45) is 3.73. The maximum atomic E-state index is 12.3. The van der Waals surface area contributed by atoms with E-state index in [1.165, 1.54) is 0 Å². The van der Waals surface area contributed by atoms with Gasteiger partial charge in [0, 0.05) is 54.2 Å². The summed E-state index contributed by atoms with van der Waals surface area (Å²) in [7, 11) is -2.29. The third-order valence-electron chi connectivity index (χ3n) is 4.20. The largest absolute Gasteiger partial charge is 0.358 e. The van der Waals surface area contributed by atoms with Gasteiger partial charge in [0.1, 0.15) is 5.72 Å². The van der Waals surface area contributed by atoms with E-state index < -0.39 is 15.4 Å². The number of carbonyl (C=O) groups is 1. The summed E-state index contributed by atoms with van der Waals surface area (Å²) >= 11 is 0. The molecular weight excluding hydrogens is 290 g/mol. The van der Waals surface area contributed by atoms with Gasteiger partial charge in [0.2, 0.25) is 0 Å². The van der Waals surface area contributed by atoms with Crippen LogP contribution in [0.25, 0.3) is 0 Å². The summed E-state index contributed by atoms with van der Waals surface area (Å²) in [5.41, 5.74) is 0.321. The summed E-state index contributed by atoms with van der Waals surface area (Å²) in [5, 5.41) is 0. The molecule has 2 aliphatic rings. The number of aliphatic imine (C=N–C) groups is 1. The number of urea groups is 1. The molecule has 2 fully saturated rings. The van der Waals surface area contributed by atoms with Crippen molar-refractivity contribution in [1.82, 2.24) is 9.21 Å². The Morgan fingerprint density at radius 1 is 1.38 bits per heavy atom. The van der Waals surface area contributed by atoms with Crippen LogP contribution in [0.5, 0.6) is 0 Å². The molecule has 21 heavy (non-hydrogen) atoms. The number of nitrogens with zero attached hydrogens (tertiary/aromatic N) is 3. The second kappa shape index (κ2) is 6.06. The van der Waals surface area contributed by atoms with Gasteiger partial charge in [-0.3, -0.25) is 4.21 Å². The quantitative estimate of drug-likeness (QED) is 0.571. The molecule has 0 saturated carbocycles. The van der Waals surface area contributed by atoms with Gasteiger partial charge in [0.25, 0.3) is 0 Å². The highest BCUT2D eigenvalue weighted by Gasteiger charge is 2.47. The molecule has 2 aliphatic heterocycles. The van der Waals surface area contributed by atoms with Gasteiger partial charge in [0.05, 0.1) is 6.61 Å². The minimum atomic E-state index is -2.29. The van der Waals surface area contributed by atoms with Gasteiger partial charge < -0.3 is 9.64 Å². The van der Waals surface area contributed by atoms with Crippen LogP contribution >= 0.6 is 0 Å². The Morgan fingerprint density at radius 2 is 2.00 bits per heavy atom. The minimum Gasteiger partial charge on any atom is -0.358 e. The highest BCUT2D eigenvalue weighted by molar-refractivity contribution is 7.97.